The molecule has 13 nitrogen and oxygen atoms in total. The zero-order valence-corrected chi connectivity index (χ0v) is 20.0. The Balaban J connectivity index is 2.14. The second kappa shape index (κ2) is 10.4. The van der Waals surface area contributed by atoms with E-state index < -0.39 is 60.4 Å². The molecule has 0 saturated carbocycles. The number of fused-ring (bicyclic) bond motifs is 1. The number of ether oxygens (including phenoxy) is 4. The minimum absolute atomic E-state index is 0.00642. The van der Waals surface area contributed by atoms with E-state index in [4.69, 9.17) is 24.7 Å². The monoisotopic (exact) mass is 497 g/mol. The lowest BCUT2D eigenvalue weighted by atomic mass is 10.0. The van der Waals surface area contributed by atoms with Crippen LogP contribution in [0, 0.1) is 0 Å². The number of esters is 3. The van der Waals surface area contributed by atoms with Gasteiger partial charge in [0.1, 0.15) is 23.8 Å². The molecule has 3 heterocycles. The number of alkyl halides is 1. The van der Waals surface area contributed by atoms with Crippen molar-refractivity contribution in [2.24, 2.45) is 0 Å². The topological polar surface area (TPSA) is 167 Å². The number of aromatic nitrogens is 4. The van der Waals surface area contributed by atoms with Gasteiger partial charge in [0.15, 0.2) is 24.2 Å². The van der Waals surface area contributed by atoms with Crippen molar-refractivity contribution in [2.75, 3.05) is 5.73 Å². The van der Waals surface area contributed by atoms with Crippen LogP contribution in [0.25, 0.3) is 11.2 Å². The van der Waals surface area contributed by atoms with Crippen LogP contribution in [-0.4, -0.2) is 67.6 Å². The summed E-state index contributed by atoms with van der Waals surface area (Å²) in [5.41, 5.74) is 5.23. The van der Waals surface area contributed by atoms with E-state index in [0.717, 1.165) is 11.5 Å². The Morgan fingerprint density at radius 1 is 1.20 bits per heavy atom. The minimum Gasteiger partial charge on any atom is -0.461 e. The van der Waals surface area contributed by atoms with Gasteiger partial charge in [-0.1, -0.05) is 6.92 Å². The number of carbonyl (C=O) groups excluding carboxylic acids is 3. The molecular formula is C21H28FN5O8. The van der Waals surface area contributed by atoms with E-state index in [1.54, 1.807) is 13.8 Å². The van der Waals surface area contributed by atoms with Gasteiger partial charge in [0.25, 0.3) is 0 Å². The first-order chi connectivity index (χ1) is 16.4. The molecule has 0 radical (unpaired) electrons. The minimum atomic E-state index is -1.93. The predicted octanol–water partition coefficient (Wildman–Crippen LogP) is 0.636. The Bertz CT molecular complexity index is 1180. The molecule has 0 aliphatic carbocycles. The number of nitrogens with zero attached hydrogens (tertiary/aromatic N) is 4. The Labute approximate surface area is 199 Å². The Hall–Kier alpha value is -3.55. The van der Waals surface area contributed by atoms with Gasteiger partial charge in [-0.25, -0.2) is 18.7 Å². The van der Waals surface area contributed by atoms with E-state index in [1.807, 2.05) is 0 Å². The molecule has 1 aliphatic heterocycles. The molecule has 2 aromatic heterocycles. The third-order valence-corrected chi connectivity index (χ3v) is 5.38. The number of imidazole rings is 1. The van der Waals surface area contributed by atoms with Crippen molar-refractivity contribution in [3.8, 4) is 0 Å². The van der Waals surface area contributed by atoms with Crippen molar-refractivity contribution in [1.29, 1.82) is 0 Å². The number of hydrogen-bond donors (Lipinski definition) is 1. The summed E-state index contributed by atoms with van der Waals surface area (Å²) in [6.07, 6.45) is -6.48. The van der Waals surface area contributed by atoms with Crippen molar-refractivity contribution in [1.82, 2.24) is 19.1 Å². The first-order valence-electron chi connectivity index (χ1n) is 11.0. The fourth-order valence-corrected chi connectivity index (χ4v) is 4.12. The van der Waals surface area contributed by atoms with Crippen LogP contribution in [0.3, 0.4) is 0 Å². The number of rotatable bonds is 8. The van der Waals surface area contributed by atoms with Crippen LogP contribution in [0.5, 0.6) is 0 Å². The molecule has 35 heavy (non-hydrogen) atoms. The molecule has 0 aromatic carbocycles. The van der Waals surface area contributed by atoms with Gasteiger partial charge >= 0.3 is 23.6 Å². The Morgan fingerprint density at radius 3 is 2.43 bits per heavy atom. The molecule has 2 N–H and O–H groups in total. The van der Waals surface area contributed by atoms with E-state index in [1.165, 1.54) is 24.6 Å². The average Bonchev–Trinajstić information content (AvgIpc) is 3.19. The van der Waals surface area contributed by atoms with Gasteiger partial charge in [0, 0.05) is 20.8 Å². The van der Waals surface area contributed by atoms with Crippen LogP contribution >= 0.6 is 0 Å². The highest BCUT2D eigenvalue weighted by Gasteiger charge is 2.53. The van der Waals surface area contributed by atoms with Gasteiger partial charge in [-0.05, 0) is 13.3 Å². The van der Waals surface area contributed by atoms with Crippen LogP contribution in [0.15, 0.2) is 11.0 Å². The molecule has 192 valence electrons. The van der Waals surface area contributed by atoms with E-state index in [-0.39, 0.29) is 30.1 Å². The molecule has 0 bridgehead atoms. The summed E-state index contributed by atoms with van der Waals surface area (Å²) < 4.78 is 39.2. The van der Waals surface area contributed by atoms with Gasteiger partial charge in [0.2, 0.25) is 5.95 Å². The molecule has 1 aliphatic rings. The Morgan fingerprint density at radius 2 is 1.86 bits per heavy atom. The lowest BCUT2D eigenvalue weighted by molar-refractivity contribution is -0.159. The molecule has 0 amide bonds. The highest BCUT2D eigenvalue weighted by Crippen LogP contribution is 2.37. The lowest BCUT2D eigenvalue weighted by Gasteiger charge is -2.23. The normalized spacial score (nSPS) is 23.6. The molecule has 2 aromatic rings. The summed E-state index contributed by atoms with van der Waals surface area (Å²) in [7, 11) is 0. The molecule has 1 saturated heterocycles. The van der Waals surface area contributed by atoms with E-state index in [0.29, 0.717) is 0 Å². The highest BCUT2D eigenvalue weighted by molar-refractivity contribution is 5.72. The molecule has 3 rings (SSSR count). The average molecular weight is 497 g/mol. The maximum Gasteiger partial charge on any atom is 0.332 e. The van der Waals surface area contributed by atoms with Crippen molar-refractivity contribution in [2.45, 2.75) is 84.4 Å². The first kappa shape index (κ1) is 26.1. The van der Waals surface area contributed by atoms with Crippen LogP contribution in [0.2, 0.25) is 0 Å². The summed E-state index contributed by atoms with van der Waals surface area (Å²) in [6.45, 7) is 6.67. The van der Waals surface area contributed by atoms with Crippen molar-refractivity contribution in [3.05, 3.63) is 16.7 Å². The third kappa shape index (κ3) is 5.42. The van der Waals surface area contributed by atoms with Crippen molar-refractivity contribution < 1.29 is 37.7 Å². The second-order valence-electron chi connectivity index (χ2n) is 8.19. The standard InChI is InChI=1S/C21H28FN5O8/c1-6-14(33-11(4)29)16-15(22)17(34-12(5)30)19(35-16)27-18-13(7-24-20(23)25-18)26(21(27)31)8-9(2)32-10(3)28/h7,9,14-17,19H,6,8H2,1-5H3,(H2,23,24,25)/t9-,14-,15-,16+,17+,19+/m0/s1. The Kier molecular flexibility index (Phi) is 7.73. The van der Waals surface area contributed by atoms with E-state index in [9.17, 15) is 19.2 Å². The molecule has 0 spiro atoms. The number of carbonyl (C=O) groups is 3. The fraction of sp³-hybridized carbons (Fsp3) is 0.619. The fourth-order valence-electron chi connectivity index (χ4n) is 4.12. The highest BCUT2D eigenvalue weighted by atomic mass is 19.1. The van der Waals surface area contributed by atoms with E-state index in [2.05, 4.69) is 9.97 Å². The molecule has 0 unspecified atom stereocenters. The largest absolute Gasteiger partial charge is 0.461 e. The quantitative estimate of drug-likeness (QED) is 0.401. The summed E-state index contributed by atoms with van der Waals surface area (Å²) in [5, 5.41) is 0. The molecule has 1 fully saturated rings. The zero-order valence-electron chi connectivity index (χ0n) is 20.0. The molecular weight excluding hydrogens is 469 g/mol. The van der Waals surface area contributed by atoms with Gasteiger partial charge < -0.3 is 24.7 Å². The number of anilines is 1. The number of nitrogen functional groups attached to an aromatic ring is 1. The van der Waals surface area contributed by atoms with Crippen molar-refractivity contribution in [3.63, 3.8) is 0 Å². The van der Waals surface area contributed by atoms with Crippen LogP contribution < -0.4 is 11.4 Å². The van der Waals surface area contributed by atoms with Gasteiger partial charge in [-0.3, -0.25) is 19.0 Å². The van der Waals surface area contributed by atoms with Crippen LogP contribution in [-0.2, 0) is 39.9 Å². The van der Waals surface area contributed by atoms with Crippen LogP contribution in [0.4, 0.5) is 10.3 Å². The van der Waals surface area contributed by atoms with Gasteiger partial charge in [-0.2, -0.15) is 4.98 Å². The lowest BCUT2D eigenvalue weighted by Crippen LogP contribution is -2.40. The smallest absolute Gasteiger partial charge is 0.332 e. The number of hydrogen-bond acceptors (Lipinski definition) is 11. The maximum absolute atomic E-state index is 15.6. The molecule has 6 atom stereocenters. The number of halogens is 1. The summed E-state index contributed by atoms with van der Waals surface area (Å²) in [5.74, 6) is -2.16. The maximum atomic E-state index is 15.6. The van der Waals surface area contributed by atoms with Crippen LogP contribution in [0.1, 0.15) is 47.3 Å². The summed E-state index contributed by atoms with van der Waals surface area (Å²) in [6, 6.07) is 0. The van der Waals surface area contributed by atoms with Crippen molar-refractivity contribution >= 4 is 35.0 Å². The van der Waals surface area contributed by atoms with Gasteiger partial charge in [0.05, 0.1) is 12.7 Å². The number of nitrogens with two attached hydrogens (primary N) is 1. The first-order valence-corrected chi connectivity index (χ1v) is 11.0. The zero-order chi connectivity index (χ0) is 26.0. The SMILES string of the molecule is CC[C@H](OC(C)=O)[C@H]1O[C@@H](n2c(=O)n(C[C@H](C)OC(C)=O)c3cnc(N)nc32)[C@H](OC(C)=O)[C@H]1F. The summed E-state index contributed by atoms with van der Waals surface area (Å²) >= 11 is 0. The van der Waals surface area contributed by atoms with Gasteiger partial charge in [-0.15, -0.1) is 0 Å². The third-order valence-electron chi connectivity index (χ3n) is 5.38. The molecule has 14 heteroatoms. The second-order valence-corrected chi connectivity index (χ2v) is 8.19. The summed E-state index contributed by atoms with van der Waals surface area (Å²) in [4.78, 5) is 56.2. The van der Waals surface area contributed by atoms with E-state index >= 15 is 4.39 Å². The predicted molar refractivity (Wildman–Crippen MR) is 118 cm³/mol.